The van der Waals surface area contributed by atoms with Gasteiger partial charge >= 0.3 is 0 Å². The van der Waals surface area contributed by atoms with Crippen molar-refractivity contribution >= 4 is 5.91 Å². The van der Waals surface area contributed by atoms with E-state index in [1.54, 1.807) is 11.8 Å². The minimum absolute atomic E-state index is 0.0504. The standard InChI is InChI=1S/C9H18N2O/c1-6(10)9(12)11(3)7(2)8-4-5-8/h6-8H,4-5,10H2,1-3H3/t6-,7?/m1/s1. The van der Waals surface area contributed by atoms with Crippen molar-refractivity contribution in [2.45, 2.75) is 38.8 Å². The van der Waals surface area contributed by atoms with Gasteiger partial charge in [0, 0.05) is 13.1 Å². The highest BCUT2D eigenvalue weighted by atomic mass is 16.2. The van der Waals surface area contributed by atoms with Gasteiger partial charge in [-0.15, -0.1) is 0 Å². The number of carbonyl (C=O) groups excluding carboxylic acids is 1. The molecule has 70 valence electrons. The molecule has 0 radical (unpaired) electrons. The highest BCUT2D eigenvalue weighted by Crippen LogP contribution is 2.34. The Morgan fingerprint density at radius 1 is 1.50 bits per heavy atom. The zero-order chi connectivity index (χ0) is 9.30. The van der Waals surface area contributed by atoms with Crippen molar-refractivity contribution in [2.24, 2.45) is 11.7 Å². The third-order valence-corrected chi connectivity index (χ3v) is 2.65. The number of amides is 1. The molecular formula is C9H18N2O. The van der Waals surface area contributed by atoms with E-state index in [1.807, 2.05) is 7.05 Å². The van der Waals surface area contributed by atoms with E-state index < -0.39 is 0 Å². The summed E-state index contributed by atoms with van der Waals surface area (Å²) in [6.45, 7) is 3.83. The minimum Gasteiger partial charge on any atom is -0.341 e. The lowest BCUT2D eigenvalue weighted by Crippen LogP contribution is -2.44. The summed E-state index contributed by atoms with van der Waals surface area (Å²) in [5.74, 6) is 0.770. The SMILES string of the molecule is CC(C1CC1)N(C)C(=O)[C@@H](C)N. The van der Waals surface area contributed by atoms with Crippen LogP contribution >= 0.6 is 0 Å². The Hall–Kier alpha value is -0.570. The van der Waals surface area contributed by atoms with Gasteiger partial charge in [0.05, 0.1) is 6.04 Å². The molecule has 1 rings (SSSR count). The summed E-state index contributed by atoms with van der Waals surface area (Å²) >= 11 is 0. The Labute approximate surface area is 73.9 Å². The first-order valence-electron chi connectivity index (χ1n) is 4.56. The summed E-state index contributed by atoms with van der Waals surface area (Å²) in [6, 6.07) is -0.000278. The van der Waals surface area contributed by atoms with Crippen molar-refractivity contribution in [3.8, 4) is 0 Å². The maximum atomic E-state index is 11.4. The van der Waals surface area contributed by atoms with Crippen molar-refractivity contribution in [3.05, 3.63) is 0 Å². The molecule has 0 aromatic carbocycles. The maximum absolute atomic E-state index is 11.4. The molecular weight excluding hydrogens is 152 g/mol. The Morgan fingerprint density at radius 2 is 2.00 bits per heavy atom. The van der Waals surface area contributed by atoms with Gasteiger partial charge in [-0.05, 0) is 32.6 Å². The normalized spacial score (nSPS) is 21.7. The molecule has 1 aliphatic rings. The average molecular weight is 170 g/mol. The molecule has 1 fully saturated rings. The van der Waals surface area contributed by atoms with Gasteiger partial charge in [-0.1, -0.05) is 0 Å². The number of nitrogens with two attached hydrogens (primary N) is 1. The van der Waals surface area contributed by atoms with Gasteiger partial charge in [-0.25, -0.2) is 0 Å². The van der Waals surface area contributed by atoms with E-state index in [0.29, 0.717) is 6.04 Å². The van der Waals surface area contributed by atoms with Gasteiger partial charge in [-0.3, -0.25) is 4.79 Å². The van der Waals surface area contributed by atoms with Crippen LogP contribution in [0.5, 0.6) is 0 Å². The molecule has 1 aliphatic carbocycles. The van der Waals surface area contributed by atoms with Gasteiger partial charge in [0.25, 0.3) is 0 Å². The number of likely N-dealkylation sites (N-methyl/N-ethyl adjacent to an activating group) is 1. The Bertz CT molecular complexity index is 175. The highest BCUT2D eigenvalue weighted by molar-refractivity contribution is 5.81. The van der Waals surface area contributed by atoms with E-state index in [2.05, 4.69) is 6.92 Å². The predicted molar refractivity (Wildman–Crippen MR) is 48.6 cm³/mol. The fourth-order valence-corrected chi connectivity index (χ4v) is 1.42. The zero-order valence-electron chi connectivity index (χ0n) is 8.08. The highest BCUT2D eigenvalue weighted by Gasteiger charge is 2.32. The lowest BCUT2D eigenvalue weighted by molar-refractivity contribution is -0.133. The first-order chi connectivity index (χ1) is 5.54. The van der Waals surface area contributed by atoms with Crippen LogP contribution in [0.15, 0.2) is 0 Å². The average Bonchev–Trinajstić information content (AvgIpc) is 2.82. The Morgan fingerprint density at radius 3 is 2.33 bits per heavy atom. The van der Waals surface area contributed by atoms with Crippen LogP contribution in [0, 0.1) is 5.92 Å². The third kappa shape index (κ3) is 1.97. The molecule has 3 heteroatoms. The van der Waals surface area contributed by atoms with Gasteiger partial charge in [0.15, 0.2) is 0 Å². The second kappa shape index (κ2) is 3.44. The van der Waals surface area contributed by atoms with Crippen LogP contribution in [-0.4, -0.2) is 29.9 Å². The van der Waals surface area contributed by atoms with Crippen LogP contribution in [0.4, 0.5) is 0 Å². The second-order valence-corrected chi connectivity index (χ2v) is 3.82. The summed E-state index contributed by atoms with van der Waals surface area (Å²) in [5.41, 5.74) is 5.50. The quantitative estimate of drug-likeness (QED) is 0.674. The number of carbonyl (C=O) groups is 1. The summed E-state index contributed by atoms with van der Waals surface area (Å²) in [6.07, 6.45) is 2.52. The fraction of sp³-hybridized carbons (Fsp3) is 0.889. The molecule has 2 atom stereocenters. The molecule has 0 aliphatic heterocycles. The van der Waals surface area contributed by atoms with E-state index in [4.69, 9.17) is 5.73 Å². The van der Waals surface area contributed by atoms with Gasteiger partial charge < -0.3 is 10.6 Å². The van der Waals surface area contributed by atoms with Crippen molar-refractivity contribution in [3.63, 3.8) is 0 Å². The van der Waals surface area contributed by atoms with E-state index in [1.165, 1.54) is 12.8 Å². The Kier molecular flexibility index (Phi) is 2.73. The molecule has 0 bridgehead atoms. The first-order valence-corrected chi connectivity index (χ1v) is 4.56. The number of hydrogen-bond donors (Lipinski definition) is 1. The number of hydrogen-bond acceptors (Lipinski definition) is 2. The smallest absolute Gasteiger partial charge is 0.239 e. The molecule has 0 aromatic heterocycles. The molecule has 1 unspecified atom stereocenters. The van der Waals surface area contributed by atoms with Crippen molar-refractivity contribution in [1.29, 1.82) is 0 Å². The largest absolute Gasteiger partial charge is 0.341 e. The maximum Gasteiger partial charge on any atom is 0.239 e. The fourth-order valence-electron chi connectivity index (χ4n) is 1.42. The summed E-state index contributed by atoms with van der Waals surface area (Å²) in [7, 11) is 1.84. The number of rotatable bonds is 3. The Balaban J connectivity index is 2.44. The molecule has 12 heavy (non-hydrogen) atoms. The van der Waals surface area contributed by atoms with Crippen LogP contribution in [0.25, 0.3) is 0 Å². The molecule has 0 heterocycles. The van der Waals surface area contributed by atoms with Crippen LogP contribution in [0.1, 0.15) is 26.7 Å². The molecule has 0 saturated heterocycles. The lowest BCUT2D eigenvalue weighted by Gasteiger charge is -2.26. The number of nitrogens with zero attached hydrogens (tertiary/aromatic N) is 1. The molecule has 1 saturated carbocycles. The second-order valence-electron chi connectivity index (χ2n) is 3.82. The summed E-state index contributed by atoms with van der Waals surface area (Å²) in [4.78, 5) is 13.2. The third-order valence-electron chi connectivity index (χ3n) is 2.65. The molecule has 0 spiro atoms. The van der Waals surface area contributed by atoms with Crippen molar-refractivity contribution in [1.82, 2.24) is 4.90 Å². The monoisotopic (exact) mass is 170 g/mol. The zero-order valence-corrected chi connectivity index (χ0v) is 8.08. The summed E-state index contributed by atoms with van der Waals surface area (Å²) in [5, 5.41) is 0. The van der Waals surface area contributed by atoms with Gasteiger partial charge in [0.1, 0.15) is 0 Å². The van der Waals surface area contributed by atoms with Crippen molar-refractivity contribution in [2.75, 3.05) is 7.05 Å². The predicted octanol–water partition coefficient (Wildman–Crippen LogP) is 0.591. The van der Waals surface area contributed by atoms with E-state index in [0.717, 1.165) is 5.92 Å². The van der Waals surface area contributed by atoms with E-state index in [-0.39, 0.29) is 11.9 Å². The van der Waals surface area contributed by atoms with Crippen molar-refractivity contribution < 1.29 is 4.79 Å². The molecule has 1 amide bonds. The van der Waals surface area contributed by atoms with Gasteiger partial charge in [-0.2, -0.15) is 0 Å². The van der Waals surface area contributed by atoms with Crippen LogP contribution < -0.4 is 5.73 Å². The van der Waals surface area contributed by atoms with E-state index in [9.17, 15) is 4.79 Å². The molecule has 3 nitrogen and oxygen atoms in total. The minimum atomic E-state index is -0.365. The summed E-state index contributed by atoms with van der Waals surface area (Å²) < 4.78 is 0. The van der Waals surface area contributed by atoms with Crippen LogP contribution in [0.2, 0.25) is 0 Å². The van der Waals surface area contributed by atoms with E-state index >= 15 is 0 Å². The lowest BCUT2D eigenvalue weighted by atomic mass is 10.1. The van der Waals surface area contributed by atoms with Gasteiger partial charge in [0.2, 0.25) is 5.91 Å². The first kappa shape index (κ1) is 9.52. The molecule has 2 N–H and O–H groups in total. The van der Waals surface area contributed by atoms with Crippen LogP contribution in [0.3, 0.4) is 0 Å². The van der Waals surface area contributed by atoms with Crippen LogP contribution in [-0.2, 0) is 4.79 Å². The molecule has 0 aromatic rings. The topological polar surface area (TPSA) is 46.3 Å².